The Labute approximate surface area is 180 Å². The monoisotopic (exact) mass is 416 g/mol. The summed E-state index contributed by atoms with van der Waals surface area (Å²) < 4.78 is 16.9. The Bertz CT molecular complexity index is 1190. The Morgan fingerprint density at radius 3 is 2.84 bits per heavy atom. The normalized spacial score (nSPS) is 10.9. The second-order valence-electron chi connectivity index (χ2n) is 7.06. The molecule has 158 valence electrons. The number of nitrogens with two attached hydrogens (primary N) is 1. The van der Waals surface area contributed by atoms with Crippen molar-refractivity contribution < 1.29 is 13.9 Å². The van der Waals surface area contributed by atoms with Crippen molar-refractivity contribution in [2.75, 3.05) is 12.8 Å². The van der Waals surface area contributed by atoms with Crippen LogP contribution < -0.4 is 15.8 Å². The van der Waals surface area contributed by atoms with Crippen LogP contribution in [0.1, 0.15) is 22.6 Å². The van der Waals surface area contributed by atoms with Crippen LogP contribution in [0.15, 0.2) is 71.9 Å². The molecule has 3 heterocycles. The van der Waals surface area contributed by atoms with Gasteiger partial charge in [0.15, 0.2) is 0 Å². The van der Waals surface area contributed by atoms with Crippen LogP contribution in [0.25, 0.3) is 16.7 Å². The molecule has 7 heteroatoms. The zero-order chi connectivity index (χ0) is 21.6. The van der Waals surface area contributed by atoms with Gasteiger partial charge in [-0.25, -0.2) is 4.98 Å². The van der Waals surface area contributed by atoms with Crippen molar-refractivity contribution in [2.24, 2.45) is 0 Å². The van der Waals surface area contributed by atoms with Crippen LogP contribution in [0.2, 0.25) is 0 Å². The maximum atomic E-state index is 6.06. The van der Waals surface area contributed by atoms with Gasteiger partial charge in [-0.3, -0.25) is 4.98 Å². The summed E-state index contributed by atoms with van der Waals surface area (Å²) in [5.74, 6) is 1.93. The van der Waals surface area contributed by atoms with Crippen molar-refractivity contribution in [1.29, 1.82) is 0 Å². The molecule has 3 N–H and O–H groups in total. The molecule has 0 radical (unpaired) electrons. The average molecular weight is 416 g/mol. The lowest BCUT2D eigenvalue weighted by molar-refractivity contribution is 0.181. The predicted octanol–water partition coefficient (Wildman–Crippen LogP) is 4.29. The summed E-state index contributed by atoms with van der Waals surface area (Å²) >= 11 is 0. The zero-order valence-corrected chi connectivity index (χ0v) is 17.3. The third-order valence-electron chi connectivity index (χ3n) is 4.75. The molecule has 0 fully saturated rings. The number of rotatable bonds is 9. The molecule has 0 aliphatic rings. The highest BCUT2D eigenvalue weighted by molar-refractivity contribution is 5.79. The number of ether oxygens (including phenoxy) is 2. The molecule has 3 aromatic heterocycles. The molecule has 0 spiro atoms. The number of hydrogen-bond donors (Lipinski definition) is 2. The van der Waals surface area contributed by atoms with E-state index in [1.807, 2.05) is 48.5 Å². The molecule has 0 saturated carbocycles. The highest BCUT2D eigenvalue weighted by atomic mass is 16.5. The SMILES string of the molecule is C=C(NCc1cc2ccc(OCc3cccnc3)cc2o1)c1ccc(COC)nc1N. The number of furan rings is 1. The van der Waals surface area contributed by atoms with Crippen LogP contribution in [0.4, 0.5) is 5.82 Å². The van der Waals surface area contributed by atoms with Gasteiger partial charge in [-0.05, 0) is 36.4 Å². The molecule has 0 aliphatic heterocycles. The van der Waals surface area contributed by atoms with Crippen LogP contribution in [-0.4, -0.2) is 17.1 Å². The van der Waals surface area contributed by atoms with Crippen LogP contribution in [0, 0.1) is 0 Å². The quantitative estimate of drug-likeness (QED) is 0.420. The fourth-order valence-corrected chi connectivity index (χ4v) is 3.18. The van der Waals surface area contributed by atoms with Crippen molar-refractivity contribution in [1.82, 2.24) is 15.3 Å². The summed E-state index contributed by atoms with van der Waals surface area (Å²) in [7, 11) is 1.62. The first-order chi connectivity index (χ1) is 15.1. The maximum Gasteiger partial charge on any atom is 0.138 e. The first kappa shape index (κ1) is 20.4. The molecule has 31 heavy (non-hydrogen) atoms. The van der Waals surface area contributed by atoms with Crippen LogP contribution in [0.3, 0.4) is 0 Å². The van der Waals surface area contributed by atoms with Gasteiger partial charge in [-0.1, -0.05) is 12.6 Å². The Hall–Kier alpha value is -3.84. The van der Waals surface area contributed by atoms with E-state index in [1.165, 1.54) is 0 Å². The van der Waals surface area contributed by atoms with E-state index in [1.54, 1.807) is 19.5 Å². The molecule has 0 atom stereocenters. The van der Waals surface area contributed by atoms with Gasteiger partial charge in [0, 0.05) is 47.8 Å². The predicted molar refractivity (Wildman–Crippen MR) is 120 cm³/mol. The van der Waals surface area contributed by atoms with E-state index in [-0.39, 0.29) is 0 Å². The molecule has 0 aliphatic carbocycles. The third kappa shape index (κ3) is 5.02. The number of nitrogens with zero attached hydrogens (tertiary/aromatic N) is 2. The Morgan fingerprint density at radius 1 is 1.16 bits per heavy atom. The number of aromatic nitrogens is 2. The second kappa shape index (κ2) is 9.32. The molecular weight excluding hydrogens is 392 g/mol. The van der Waals surface area contributed by atoms with Gasteiger partial charge in [0.25, 0.3) is 0 Å². The fourth-order valence-electron chi connectivity index (χ4n) is 3.18. The minimum atomic E-state index is 0.409. The van der Waals surface area contributed by atoms with Gasteiger partial charge in [0.1, 0.15) is 29.5 Å². The van der Waals surface area contributed by atoms with Crippen molar-refractivity contribution in [3.63, 3.8) is 0 Å². The molecule has 7 nitrogen and oxygen atoms in total. The molecule has 1 aromatic carbocycles. The fraction of sp³-hybridized carbons (Fsp3) is 0.167. The number of benzene rings is 1. The number of pyridine rings is 2. The number of fused-ring (bicyclic) bond motifs is 1. The standard InChI is InChI=1S/C24H24N4O3/c1-16(22-8-6-19(15-29-2)28-24(22)25)27-13-21-10-18-5-7-20(11-23(18)31-21)30-14-17-4-3-9-26-12-17/h3-12,27H,1,13-15H2,2H3,(H2,25,28). The molecular formula is C24H24N4O3. The minimum Gasteiger partial charge on any atom is -0.489 e. The van der Waals surface area contributed by atoms with E-state index >= 15 is 0 Å². The summed E-state index contributed by atoms with van der Waals surface area (Å²) in [6.07, 6.45) is 3.53. The van der Waals surface area contributed by atoms with Gasteiger partial charge in [-0.15, -0.1) is 0 Å². The minimum absolute atomic E-state index is 0.409. The molecule has 4 aromatic rings. The molecule has 0 bridgehead atoms. The molecule has 0 unspecified atom stereocenters. The number of methoxy groups -OCH3 is 1. The number of nitrogen functional groups attached to an aromatic ring is 1. The molecule has 0 saturated heterocycles. The van der Waals surface area contributed by atoms with Gasteiger partial charge in [-0.2, -0.15) is 0 Å². The van der Waals surface area contributed by atoms with Crippen molar-refractivity contribution in [3.05, 3.63) is 90.1 Å². The zero-order valence-electron chi connectivity index (χ0n) is 17.3. The average Bonchev–Trinajstić information content (AvgIpc) is 3.19. The second-order valence-corrected chi connectivity index (χ2v) is 7.06. The van der Waals surface area contributed by atoms with E-state index in [2.05, 4.69) is 21.9 Å². The largest absolute Gasteiger partial charge is 0.489 e. The summed E-state index contributed by atoms with van der Waals surface area (Å²) in [6.45, 7) is 5.40. The van der Waals surface area contributed by atoms with Crippen LogP contribution in [-0.2, 0) is 24.5 Å². The summed E-state index contributed by atoms with van der Waals surface area (Å²) in [5.41, 5.74) is 10.0. The van der Waals surface area contributed by atoms with Crippen molar-refractivity contribution >= 4 is 22.5 Å². The van der Waals surface area contributed by atoms with Gasteiger partial charge < -0.3 is 24.9 Å². The van der Waals surface area contributed by atoms with E-state index in [0.717, 1.165) is 39.3 Å². The topological polar surface area (TPSA) is 95.4 Å². The first-order valence-corrected chi connectivity index (χ1v) is 9.84. The van der Waals surface area contributed by atoms with Gasteiger partial charge in [0.05, 0.1) is 18.8 Å². The van der Waals surface area contributed by atoms with E-state index in [9.17, 15) is 0 Å². The van der Waals surface area contributed by atoms with Gasteiger partial charge in [0.2, 0.25) is 0 Å². The molecule has 4 rings (SSSR count). The Balaban J connectivity index is 1.39. The summed E-state index contributed by atoms with van der Waals surface area (Å²) in [4.78, 5) is 8.43. The van der Waals surface area contributed by atoms with E-state index in [4.69, 9.17) is 19.6 Å². The number of nitrogens with one attached hydrogen (secondary N) is 1. The lowest BCUT2D eigenvalue weighted by Gasteiger charge is -2.11. The van der Waals surface area contributed by atoms with E-state index in [0.29, 0.717) is 31.3 Å². The van der Waals surface area contributed by atoms with E-state index < -0.39 is 0 Å². The lowest BCUT2D eigenvalue weighted by atomic mass is 10.2. The summed E-state index contributed by atoms with van der Waals surface area (Å²) in [5, 5.41) is 4.25. The van der Waals surface area contributed by atoms with Crippen LogP contribution in [0.5, 0.6) is 5.75 Å². The number of hydrogen-bond acceptors (Lipinski definition) is 7. The third-order valence-corrected chi connectivity index (χ3v) is 4.75. The summed E-state index contributed by atoms with van der Waals surface area (Å²) in [6, 6.07) is 15.4. The first-order valence-electron chi connectivity index (χ1n) is 9.84. The number of anilines is 1. The smallest absolute Gasteiger partial charge is 0.138 e. The highest BCUT2D eigenvalue weighted by Crippen LogP contribution is 2.25. The Kier molecular flexibility index (Phi) is 6.14. The highest BCUT2D eigenvalue weighted by Gasteiger charge is 2.09. The maximum absolute atomic E-state index is 6.06. The Morgan fingerprint density at radius 2 is 2.06 bits per heavy atom. The van der Waals surface area contributed by atoms with Crippen molar-refractivity contribution in [3.8, 4) is 5.75 Å². The van der Waals surface area contributed by atoms with Crippen LogP contribution >= 0.6 is 0 Å². The molecule has 0 amide bonds. The lowest BCUT2D eigenvalue weighted by Crippen LogP contribution is -2.12. The van der Waals surface area contributed by atoms with Gasteiger partial charge >= 0.3 is 0 Å². The van der Waals surface area contributed by atoms with Crippen molar-refractivity contribution in [2.45, 2.75) is 19.8 Å².